The zero-order valence-electron chi connectivity index (χ0n) is 15.2. The first-order valence-corrected chi connectivity index (χ1v) is 8.86. The fraction of sp³-hybridized carbons (Fsp3) is 0.273. The molecule has 0 radical (unpaired) electrons. The van der Waals surface area contributed by atoms with Crippen molar-refractivity contribution in [3.63, 3.8) is 0 Å². The molecule has 0 amide bonds. The maximum Gasteiger partial charge on any atom is 0.338 e. The Kier molecular flexibility index (Phi) is 7.62. The molecule has 2 aromatic carbocycles. The van der Waals surface area contributed by atoms with Gasteiger partial charge >= 0.3 is 11.9 Å². The summed E-state index contributed by atoms with van der Waals surface area (Å²) in [5.41, 5.74) is 3.04. The normalized spacial score (nSPS) is 10.7. The van der Waals surface area contributed by atoms with Gasteiger partial charge in [0.25, 0.3) is 0 Å². The first-order chi connectivity index (χ1) is 12.6. The maximum absolute atomic E-state index is 11.8. The van der Waals surface area contributed by atoms with Gasteiger partial charge in [0, 0.05) is 0 Å². The Morgan fingerprint density at radius 3 is 1.35 bits per heavy atom. The number of rotatable bonds is 8. The summed E-state index contributed by atoms with van der Waals surface area (Å²) in [5, 5.41) is 0. The van der Waals surface area contributed by atoms with E-state index in [0.29, 0.717) is 24.3 Å². The van der Waals surface area contributed by atoms with Crippen LogP contribution in [0.5, 0.6) is 0 Å². The molecular weight excluding hydrogens is 328 g/mol. The smallest absolute Gasteiger partial charge is 0.338 e. The van der Waals surface area contributed by atoms with E-state index in [-0.39, 0.29) is 11.9 Å². The largest absolute Gasteiger partial charge is 0.462 e. The van der Waals surface area contributed by atoms with Crippen molar-refractivity contribution >= 4 is 24.1 Å². The van der Waals surface area contributed by atoms with E-state index >= 15 is 0 Å². The fourth-order valence-electron chi connectivity index (χ4n) is 2.21. The molecular formula is C22H24O4. The molecule has 0 atom stereocenters. The van der Waals surface area contributed by atoms with Crippen molar-refractivity contribution in [2.45, 2.75) is 26.7 Å². The third kappa shape index (κ3) is 5.88. The maximum atomic E-state index is 11.8. The first-order valence-electron chi connectivity index (χ1n) is 8.86. The highest BCUT2D eigenvalue weighted by atomic mass is 16.5. The average molecular weight is 352 g/mol. The van der Waals surface area contributed by atoms with Crippen LogP contribution in [0.2, 0.25) is 0 Å². The molecule has 0 aliphatic rings. The molecule has 0 aromatic heterocycles. The van der Waals surface area contributed by atoms with Crippen LogP contribution < -0.4 is 0 Å². The minimum atomic E-state index is -0.298. The van der Waals surface area contributed by atoms with E-state index in [4.69, 9.17) is 9.47 Å². The average Bonchev–Trinajstić information content (AvgIpc) is 2.69. The van der Waals surface area contributed by atoms with Gasteiger partial charge in [-0.1, -0.05) is 50.3 Å². The van der Waals surface area contributed by atoms with Gasteiger partial charge in [0.05, 0.1) is 24.3 Å². The predicted octanol–water partition coefficient (Wildman–Crippen LogP) is 4.99. The lowest BCUT2D eigenvalue weighted by molar-refractivity contribution is 0.0496. The van der Waals surface area contributed by atoms with Gasteiger partial charge in [-0.15, -0.1) is 0 Å². The van der Waals surface area contributed by atoms with E-state index < -0.39 is 0 Å². The molecule has 4 nitrogen and oxygen atoms in total. The Hall–Kier alpha value is -2.88. The molecule has 136 valence electrons. The Morgan fingerprint density at radius 2 is 1.04 bits per heavy atom. The van der Waals surface area contributed by atoms with Crippen LogP contribution in [0, 0.1) is 0 Å². The zero-order valence-corrected chi connectivity index (χ0v) is 15.2. The fourth-order valence-corrected chi connectivity index (χ4v) is 2.21. The number of ether oxygens (including phenoxy) is 2. The van der Waals surface area contributed by atoms with E-state index in [9.17, 15) is 9.59 Å². The van der Waals surface area contributed by atoms with E-state index in [2.05, 4.69) is 0 Å². The summed E-state index contributed by atoms with van der Waals surface area (Å²) in [4.78, 5) is 23.5. The van der Waals surface area contributed by atoms with Crippen molar-refractivity contribution in [1.29, 1.82) is 0 Å². The molecule has 0 saturated heterocycles. The molecule has 0 aliphatic carbocycles. The molecule has 2 rings (SSSR count). The standard InChI is InChI=1S/C22H24O4/c1-3-15-25-21(23)19-11-7-17(8-12-19)5-6-18-9-13-20(14-10-18)22(24)26-16-4-2/h5-14H,3-4,15-16H2,1-2H3. The van der Waals surface area contributed by atoms with Gasteiger partial charge in [0.2, 0.25) is 0 Å². The summed E-state index contributed by atoms with van der Waals surface area (Å²) in [6.45, 7) is 4.79. The van der Waals surface area contributed by atoms with Crippen molar-refractivity contribution in [2.75, 3.05) is 13.2 Å². The molecule has 0 heterocycles. The quantitative estimate of drug-likeness (QED) is 0.496. The second kappa shape index (κ2) is 10.2. The van der Waals surface area contributed by atoms with Crippen molar-refractivity contribution in [3.8, 4) is 0 Å². The van der Waals surface area contributed by atoms with Gasteiger partial charge in [-0.25, -0.2) is 9.59 Å². The number of carbonyl (C=O) groups excluding carboxylic acids is 2. The molecule has 4 heteroatoms. The Morgan fingerprint density at radius 1 is 0.692 bits per heavy atom. The Balaban J connectivity index is 1.96. The van der Waals surface area contributed by atoms with E-state index in [0.717, 1.165) is 24.0 Å². The number of hydrogen-bond donors (Lipinski definition) is 0. The lowest BCUT2D eigenvalue weighted by atomic mass is 10.1. The molecule has 0 aliphatic heterocycles. The van der Waals surface area contributed by atoms with Gasteiger partial charge in [-0.05, 0) is 48.2 Å². The number of carbonyl (C=O) groups is 2. The van der Waals surface area contributed by atoms with Gasteiger partial charge < -0.3 is 9.47 Å². The number of hydrogen-bond acceptors (Lipinski definition) is 4. The van der Waals surface area contributed by atoms with Gasteiger partial charge in [0.15, 0.2) is 0 Å². The second-order valence-corrected chi connectivity index (χ2v) is 5.85. The van der Waals surface area contributed by atoms with Crippen LogP contribution in [-0.4, -0.2) is 25.2 Å². The first kappa shape index (κ1) is 19.4. The van der Waals surface area contributed by atoms with Crippen LogP contribution in [0.3, 0.4) is 0 Å². The molecule has 0 saturated carbocycles. The summed E-state index contributed by atoms with van der Waals surface area (Å²) in [5.74, 6) is -0.596. The molecule has 0 bridgehead atoms. The van der Waals surface area contributed by atoms with Crippen molar-refractivity contribution in [2.24, 2.45) is 0 Å². The molecule has 0 unspecified atom stereocenters. The lowest BCUT2D eigenvalue weighted by Crippen LogP contribution is -2.05. The summed E-state index contributed by atoms with van der Waals surface area (Å²) in [6, 6.07) is 14.5. The topological polar surface area (TPSA) is 52.6 Å². The third-order valence-corrected chi connectivity index (χ3v) is 3.64. The SMILES string of the molecule is CCCOC(=O)c1ccc(C=Cc2ccc(C(=O)OCCC)cc2)cc1. The second-order valence-electron chi connectivity index (χ2n) is 5.85. The van der Waals surface area contributed by atoms with Crippen molar-refractivity contribution in [1.82, 2.24) is 0 Å². The zero-order chi connectivity index (χ0) is 18.8. The number of esters is 2. The summed E-state index contributed by atoms with van der Waals surface area (Å²) in [6.07, 6.45) is 5.51. The van der Waals surface area contributed by atoms with E-state index in [1.54, 1.807) is 24.3 Å². The van der Waals surface area contributed by atoms with Crippen molar-refractivity contribution < 1.29 is 19.1 Å². The molecule has 2 aromatic rings. The molecule has 0 spiro atoms. The minimum Gasteiger partial charge on any atom is -0.462 e. The highest BCUT2D eigenvalue weighted by Gasteiger charge is 2.06. The Labute approximate surface area is 154 Å². The van der Waals surface area contributed by atoms with E-state index in [1.807, 2.05) is 50.3 Å². The van der Waals surface area contributed by atoms with Crippen LogP contribution in [0.25, 0.3) is 12.2 Å². The highest BCUT2D eigenvalue weighted by molar-refractivity contribution is 5.90. The lowest BCUT2D eigenvalue weighted by Gasteiger charge is -2.04. The van der Waals surface area contributed by atoms with Crippen LogP contribution in [0.1, 0.15) is 58.5 Å². The van der Waals surface area contributed by atoms with E-state index in [1.165, 1.54) is 0 Å². The predicted molar refractivity (Wildman–Crippen MR) is 103 cm³/mol. The van der Waals surface area contributed by atoms with Gasteiger partial charge in [-0.2, -0.15) is 0 Å². The monoisotopic (exact) mass is 352 g/mol. The minimum absolute atomic E-state index is 0.298. The van der Waals surface area contributed by atoms with Gasteiger partial charge in [-0.3, -0.25) is 0 Å². The van der Waals surface area contributed by atoms with Crippen LogP contribution in [0.4, 0.5) is 0 Å². The third-order valence-electron chi connectivity index (χ3n) is 3.64. The summed E-state index contributed by atoms with van der Waals surface area (Å²) in [7, 11) is 0. The van der Waals surface area contributed by atoms with Crippen LogP contribution in [0.15, 0.2) is 48.5 Å². The van der Waals surface area contributed by atoms with Crippen LogP contribution >= 0.6 is 0 Å². The molecule has 26 heavy (non-hydrogen) atoms. The van der Waals surface area contributed by atoms with Gasteiger partial charge in [0.1, 0.15) is 0 Å². The van der Waals surface area contributed by atoms with Crippen molar-refractivity contribution in [3.05, 3.63) is 70.8 Å². The number of benzene rings is 2. The Bertz CT molecular complexity index is 677. The molecule has 0 fully saturated rings. The highest BCUT2D eigenvalue weighted by Crippen LogP contribution is 2.12. The summed E-state index contributed by atoms with van der Waals surface area (Å²) >= 11 is 0. The summed E-state index contributed by atoms with van der Waals surface area (Å²) < 4.78 is 10.2. The van der Waals surface area contributed by atoms with Crippen LogP contribution in [-0.2, 0) is 9.47 Å². The molecule has 0 N–H and O–H groups in total.